The van der Waals surface area contributed by atoms with Crippen molar-refractivity contribution in [3.8, 4) is 0 Å². The summed E-state index contributed by atoms with van der Waals surface area (Å²) in [7, 11) is -3.90. The van der Waals surface area contributed by atoms with Crippen LogP contribution in [0, 0.1) is 5.82 Å². The number of sulfonamides is 1. The van der Waals surface area contributed by atoms with Crippen molar-refractivity contribution >= 4 is 27.5 Å². The lowest BCUT2D eigenvalue weighted by Crippen LogP contribution is -2.52. The fourth-order valence-electron chi connectivity index (χ4n) is 4.36. The normalized spacial score (nSPS) is 20.9. The van der Waals surface area contributed by atoms with E-state index in [1.54, 1.807) is 18.3 Å². The van der Waals surface area contributed by atoms with Crippen LogP contribution in [0.4, 0.5) is 15.9 Å². The smallest absolute Gasteiger partial charge is 0.264 e. The minimum Gasteiger partial charge on any atom is -0.369 e. The Morgan fingerprint density at radius 3 is 2.66 bits per heavy atom. The number of aromatic nitrogens is 2. The summed E-state index contributed by atoms with van der Waals surface area (Å²) in [5, 5.41) is 6.78. The van der Waals surface area contributed by atoms with Gasteiger partial charge in [0.05, 0.1) is 22.3 Å². The monoisotopic (exact) mass is 455 g/mol. The summed E-state index contributed by atoms with van der Waals surface area (Å²) in [6.07, 6.45) is 2.06. The highest BCUT2D eigenvalue weighted by atomic mass is 32.2. The number of fused-ring (bicyclic) bond motifs is 2. The average Bonchev–Trinajstić information content (AvgIpc) is 3.14. The summed E-state index contributed by atoms with van der Waals surface area (Å²) < 4.78 is 41.7. The van der Waals surface area contributed by atoms with Gasteiger partial charge >= 0.3 is 0 Å². The van der Waals surface area contributed by atoms with Crippen LogP contribution in [0.15, 0.2) is 64.6 Å². The van der Waals surface area contributed by atoms with Crippen molar-refractivity contribution in [2.45, 2.75) is 29.9 Å². The SMILES string of the molecule is NC1=Nc2[nH]ncc2C(N)N1C1CCN(S(=O)(=O)c2ccc(F)cc2)c2ccccc2C1. The summed E-state index contributed by atoms with van der Waals surface area (Å²) >= 11 is 0. The Morgan fingerprint density at radius 2 is 1.88 bits per heavy atom. The third-order valence-corrected chi connectivity index (χ3v) is 7.76. The lowest BCUT2D eigenvalue weighted by molar-refractivity contribution is 0.226. The first kappa shape index (κ1) is 20.5. The van der Waals surface area contributed by atoms with Gasteiger partial charge in [0, 0.05) is 12.6 Å². The molecule has 2 unspecified atom stereocenters. The predicted molar refractivity (Wildman–Crippen MR) is 118 cm³/mol. The summed E-state index contributed by atoms with van der Waals surface area (Å²) in [4.78, 5) is 6.23. The van der Waals surface area contributed by atoms with Gasteiger partial charge in [0.1, 0.15) is 12.0 Å². The number of halogens is 1. The maximum Gasteiger partial charge on any atom is 0.264 e. The van der Waals surface area contributed by atoms with Gasteiger partial charge in [0.2, 0.25) is 0 Å². The first-order valence-electron chi connectivity index (χ1n) is 10.1. The maximum atomic E-state index is 13.5. The van der Waals surface area contributed by atoms with Gasteiger partial charge in [0.25, 0.3) is 10.0 Å². The molecule has 0 fully saturated rings. The number of aromatic amines is 1. The van der Waals surface area contributed by atoms with Crippen LogP contribution in [-0.2, 0) is 16.4 Å². The maximum absolute atomic E-state index is 13.5. The van der Waals surface area contributed by atoms with Gasteiger partial charge in [-0.05, 0) is 48.7 Å². The van der Waals surface area contributed by atoms with Crippen molar-refractivity contribution in [3.63, 3.8) is 0 Å². The van der Waals surface area contributed by atoms with Crippen LogP contribution in [0.25, 0.3) is 0 Å². The van der Waals surface area contributed by atoms with E-state index >= 15 is 0 Å². The fourth-order valence-corrected chi connectivity index (χ4v) is 5.88. The average molecular weight is 456 g/mol. The van der Waals surface area contributed by atoms with Crippen LogP contribution < -0.4 is 15.8 Å². The van der Waals surface area contributed by atoms with Crippen molar-refractivity contribution in [2.24, 2.45) is 16.5 Å². The van der Waals surface area contributed by atoms with Gasteiger partial charge in [-0.3, -0.25) is 9.40 Å². The van der Waals surface area contributed by atoms with E-state index in [1.807, 2.05) is 17.0 Å². The van der Waals surface area contributed by atoms with Crippen LogP contribution in [0.3, 0.4) is 0 Å². The number of nitrogens with zero attached hydrogens (tertiary/aromatic N) is 4. The molecule has 0 bridgehead atoms. The molecule has 9 nitrogen and oxygen atoms in total. The highest BCUT2D eigenvalue weighted by Crippen LogP contribution is 2.36. The molecule has 2 aliphatic heterocycles. The Labute approximate surface area is 184 Å². The molecule has 5 N–H and O–H groups in total. The molecule has 3 aromatic rings. The zero-order valence-electron chi connectivity index (χ0n) is 17.0. The van der Waals surface area contributed by atoms with Gasteiger partial charge in [-0.25, -0.2) is 12.8 Å². The molecule has 32 heavy (non-hydrogen) atoms. The molecular formula is C21H22FN7O2S. The van der Waals surface area contributed by atoms with Crippen molar-refractivity contribution in [1.29, 1.82) is 0 Å². The van der Waals surface area contributed by atoms with E-state index < -0.39 is 22.0 Å². The Kier molecular flexibility index (Phi) is 4.86. The molecule has 11 heteroatoms. The van der Waals surface area contributed by atoms with E-state index in [0.29, 0.717) is 24.3 Å². The molecule has 2 atom stereocenters. The lowest BCUT2D eigenvalue weighted by atomic mass is 10.0. The Hall–Kier alpha value is -3.44. The van der Waals surface area contributed by atoms with Gasteiger partial charge in [-0.15, -0.1) is 0 Å². The molecule has 2 aliphatic rings. The van der Waals surface area contributed by atoms with E-state index in [-0.39, 0.29) is 23.4 Å². The molecular weight excluding hydrogens is 433 g/mol. The number of benzene rings is 2. The number of guanidine groups is 1. The van der Waals surface area contributed by atoms with Crippen molar-refractivity contribution in [3.05, 3.63) is 71.7 Å². The molecule has 0 saturated heterocycles. The van der Waals surface area contributed by atoms with E-state index in [4.69, 9.17) is 11.5 Å². The summed E-state index contributed by atoms with van der Waals surface area (Å²) in [6, 6.07) is 12.0. The molecule has 0 aliphatic carbocycles. The molecule has 0 amide bonds. The number of rotatable bonds is 3. The van der Waals surface area contributed by atoms with E-state index in [1.165, 1.54) is 16.4 Å². The molecule has 5 rings (SSSR count). The molecule has 1 aromatic heterocycles. The first-order chi connectivity index (χ1) is 15.4. The Balaban J connectivity index is 1.52. The molecule has 166 valence electrons. The highest BCUT2D eigenvalue weighted by Gasteiger charge is 2.37. The van der Waals surface area contributed by atoms with Crippen molar-refractivity contribution in [1.82, 2.24) is 15.1 Å². The standard InChI is InChI=1S/C21H22FN7O2S/c22-14-5-7-16(8-6-14)32(30,31)28-10-9-15(11-13-3-1-2-4-18(13)28)29-19(23)17-12-25-27-20(17)26-21(29)24/h1-8,12,15,19H,9-11,23H2,(H3,24,25,26,27). The lowest BCUT2D eigenvalue weighted by Gasteiger charge is -2.38. The summed E-state index contributed by atoms with van der Waals surface area (Å²) in [6.45, 7) is 0.204. The van der Waals surface area contributed by atoms with Crippen LogP contribution in [0.5, 0.6) is 0 Å². The van der Waals surface area contributed by atoms with Crippen molar-refractivity contribution in [2.75, 3.05) is 10.8 Å². The zero-order valence-corrected chi connectivity index (χ0v) is 17.8. The predicted octanol–water partition coefficient (Wildman–Crippen LogP) is 1.98. The summed E-state index contributed by atoms with van der Waals surface area (Å²) in [5.74, 6) is 0.292. The quantitative estimate of drug-likeness (QED) is 0.553. The summed E-state index contributed by atoms with van der Waals surface area (Å²) in [5.41, 5.74) is 14.9. The number of H-pyrrole nitrogens is 1. The minimum atomic E-state index is -3.90. The molecule has 3 heterocycles. The van der Waals surface area contributed by atoms with E-state index in [9.17, 15) is 12.8 Å². The second kappa shape index (κ2) is 7.61. The number of hydrogen-bond acceptors (Lipinski definition) is 7. The van der Waals surface area contributed by atoms with E-state index in [0.717, 1.165) is 23.3 Å². The Bertz CT molecular complexity index is 1290. The fraction of sp³-hybridized carbons (Fsp3) is 0.238. The largest absolute Gasteiger partial charge is 0.369 e. The first-order valence-corrected chi connectivity index (χ1v) is 11.6. The minimum absolute atomic E-state index is 0.0333. The van der Waals surface area contributed by atoms with Crippen LogP contribution in [-0.4, -0.2) is 42.1 Å². The van der Waals surface area contributed by atoms with Crippen LogP contribution >= 0.6 is 0 Å². The Morgan fingerprint density at radius 1 is 1.12 bits per heavy atom. The van der Waals surface area contributed by atoms with Gasteiger partial charge in [-0.1, -0.05) is 18.2 Å². The third kappa shape index (κ3) is 3.30. The van der Waals surface area contributed by atoms with Gasteiger partial charge < -0.3 is 16.4 Å². The zero-order chi connectivity index (χ0) is 22.5. The molecule has 0 spiro atoms. The number of anilines is 1. The number of aliphatic imine (C=N–C) groups is 1. The number of hydrogen-bond donors (Lipinski definition) is 3. The van der Waals surface area contributed by atoms with Gasteiger partial charge in [-0.2, -0.15) is 10.1 Å². The van der Waals surface area contributed by atoms with Crippen LogP contribution in [0.1, 0.15) is 23.7 Å². The third-order valence-electron chi connectivity index (χ3n) is 5.93. The molecule has 2 aromatic carbocycles. The number of nitrogens with one attached hydrogen (secondary N) is 1. The molecule has 0 radical (unpaired) electrons. The topological polar surface area (TPSA) is 134 Å². The van der Waals surface area contributed by atoms with E-state index in [2.05, 4.69) is 15.2 Å². The van der Waals surface area contributed by atoms with Gasteiger partial charge in [0.15, 0.2) is 11.8 Å². The second-order valence-corrected chi connectivity index (χ2v) is 9.66. The highest BCUT2D eigenvalue weighted by molar-refractivity contribution is 7.92. The number of para-hydroxylation sites is 1. The van der Waals surface area contributed by atoms with Crippen molar-refractivity contribution < 1.29 is 12.8 Å². The molecule has 0 saturated carbocycles. The number of nitrogens with two attached hydrogens (primary N) is 2. The second-order valence-electron chi connectivity index (χ2n) is 7.80. The van der Waals surface area contributed by atoms with Crippen LogP contribution in [0.2, 0.25) is 0 Å².